The summed E-state index contributed by atoms with van der Waals surface area (Å²) in [5.74, 6) is -4.32. The molecule has 4 amide bonds. The minimum absolute atomic E-state index is 0.0165. The third-order valence-corrected chi connectivity index (χ3v) is 6.73. The lowest BCUT2D eigenvalue weighted by Gasteiger charge is -2.25. The molecule has 4 atom stereocenters. The zero-order valence-electron chi connectivity index (χ0n) is 23.6. The molecule has 9 N–H and O–H groups in total. The van der Waals surface area contributed by atoms with E-state index in [1.165, 1.54) is 0 Å². The van der Waals surface area contributed by atoms with Gasteiger partial charge in [0.05, 0.1) is 12.5 Å². The third-order valence-electron chi connectivity index (χ3n) is 6.73. The Morgan fingerprint density at radius 2 is 1.40 bits per heavy atom. The second kappa shape index (κ2) is 14.8. The number of primary amides is 1. The van der Waals surface area contributed by atoms with Gasteiger partial charge < -0.3 is 37.5 Å². The van der Waals surface area contributed by atoms with Crippen molar-refractivity contribution in [1.82, 2.24) is 20.9 Å². The fraction of sp³-hybridized carbons (Fsp3) is 0.367. The molecule has 3 aromatic rings. The van der Waals surface area contributed by atoms with Crippen molar-refractivity contribution in [1.29, 1.82) is 0 Å². The Morgan fingerprint density at radius 3 is 2.05 bits per heavy atom. The van der Waals surface area contributed by atoms with Crippen LogP contribution in [0.4, 0.5) is 0 Å². The summed E-state index contributed by atoms with van der Waals surface area (Å²) in [5, 5.41) is 18.1. The van der Waals surface area contributed by atoms with E-state index in [4.69, 9.17) is 11.5 Å². The monoisotopic (exact) mass is 578 g/mol. The lowest BCUT2D eigenvalue weighted by Crippen LogP contribution is -2.58. The number of aromatic amines is 1. The standard InChI is InChI=1S/C30H38N6O6/c1-17(2)12-25(30(41)42)36-28(39)23(13-18-8-4-3-5-9-18)35-29(40)24(15-26(32)37)34-27(38)21(31)14-19-16-33-22-11-7-6-10-20(19)22/h3-11,16-17,21,23-25,33H,12-15,31H2,1-2H3,(H2,32,37)(H,34,38)(H,35,40)(H,36,39)(H,41,42). The summed E-state index contributed by atoms with van der Waals surface area (Å²) >= 11 is 0. The first-order valence-electron chi connectivity index (χ1n) is 13.7. The Labute approximate surface area is 243 Å². The van der Waals surface area contributed by atoms with Crippen LogP contribution >= 0.6 is 0 Å². The Hall–Kier alpha value is -4.71. The molecule has 2 aromatic carbocycles. The van der Waals surface area contributed by atoms with Gasteiger partial charge in [-0.1, -0.05) is 62.4 Å². The summed E-state index contributed by atoms with van der Waals surface area (Å²) in [5.41, 5.74) is 13.9. The second-order valence-electron chi connectivity index (χ2n) is 10.7. The number of carbonyl (C=O) groups excluding carboxylic acids is 4. The van der Waals surface area contributed by atoms with Crippen LogP contribution in [-0.4, -0.2) is 63.9 Å². The molecule has 0 saturated carbocycles. The molecule has 4 unspecified atom stereocenters. The summed E-state index contributed by atoms with van der Waals surface area (Å²) in [6.07, 6.45) is 1.59. The number of para-hydroxylation sites is 1. The number of aliphatic carboxylic acids is 1. The molecular formula is C30H38N6O6. The van der Waals surface area contributed by atoms with Gasteiger partial charge in [0, 0.05) is 23.5 Å². The molecule has 0 fully saturated rings. The normalized spacial score (nSPS) is 14.0. The highest BCUT2D eigenvalue weighted by atomic mass is 16.4. The van der Waals surface area contributed by atoms with Crippen LogP contribution in [0.2, 0.25) is 0 Å². The summed E-state index contributed by atoms with van der Waals surface area (Å²) < 4.78 is 0. The van der Waals surface area contributed by atoms with Gasteiger partial charge in [0.25, 0.3) is 0 Å². The van der Waals surface area contributed by atoms with Crippen LogP contribution in [0.1, 0.15) is 37.8 Å². The predicted molar refractivity (Wildman–Crippen MR) is 157 cm³/mol. The quantitative estimate of drug-likeness (QED) is 0.137. The number of rotatable bonds is 15. The molecule has 0 aliphatic heterocycles. The number of nitrogens with one attached hydrogen (secondary N) is 4. The van der Waals surface area contributed by atoms with Crippen LogP contribution in [-0.2, 0) is 36.8 Å². The van der Waals surface area contributed by atoms with Crippen LogP contribution in [0, 0.1) is 5.92 Å². The van der Waals surface area contributed by atoms with E-state index in [0.717, 1.165) is 16.5 Å². The van der Waals surface area contributed by atoms with Gasteiger partial charge in [-0.2, -0.15) is 0 Å². The average molecular weight is 579 g/mol. The maximum absolute atomic E-state index is 13.4. The van der Waals surface area contributed by atoms with Gasteiger partial charge in [0.1, 0.15) is 18.1 Å². The van der Waals surface area contributed by atoms with Crippen molar-refractivity contribution >= 4 is 40.5 Å². The topological polar surface area (TPSA) is 209 Å². The molecule has 0 spiro atoms. The van der Waals surface area contributed by atoms with Gasteiger partial charge in [-0.05, 0) is 36.0 Å². The number of amides is 4. The molecule has 1 heterocycles. The third kappa shape index (κ3) is 9.16. The van der Waals surface area contributed by atoms with E-state index in [9.17, 15) is 29.1 Å². The predicted octanol–water partition coefficient (Wildman–Crippen LogP) is 0.741. The van der Waals surface area contributed by atoms with Gasteiger partial charge >= 0.3 is 5.97 Å². The number of benzene rings is 2. The number of hydrogen-bond acceptors (Lipinski definition) is 6. The van der Waals surface area contributed by atoms with Crippen molar-refractivity contribution in [2.75, 3.05) is 0 Å². The molecule has 0 aliphatic carbocycles. The van der Waals surface area contributed by atoms with Crippen molar-refractivity contribution in [2.45, 2.75) is 63.7 Å². The Morgan fingerprint density at radius 1 is 0.810 bits per heavy atom. The average Bonchev–Trinajstić information content (AvgIpc) is 3.34. The molecule has 0 radical (unpaired) electrons. The largest absolute Gasteiger partial charge is 0.480 e. The summed E-state index contributed by atoms with van der Waals surface area (Å²) in [4.78, 5) is 66.3. The van der Waals surface area contributed by atoms with Crippen LogP contribution < -0.4 is 27.4 Å². The van der Waals surface area contributed by atoms with Gasteiger partial charge in [-0.25, -0.2) is 4.79 Å². The van der Waals surface area contributed by atoms with Gasteiger partial charge in [-0.15, -0.1) is 0 Å². The minimum Gasteiger partial charge on any atom is -0.480 e. The summed E-state index contributed by atoms with van der Waals surface area (Å²) in [6, 6.07) is 11.5. The van der Waals surface area contributed by atoms with Crippen molar-refractivity contribution in [3.8, 4) is 0 Å². The van der Waals surface area contributed by atoms with E-state index < -0.39 is 60.2 Å². The number of hydrogen-bond donors (Lipinski definition) is 7. The molecule has 0 aliphatic rings. The highest BCUT2D eigenvalue weighted by Gasteiger charge is 2.31. The number of carboxylic acids is 1. The molecule has 0 saturated heterocycles. The van der Waals surface area contributed by atoms with Crippen molar-refractivity contribution in [3.63, 3.8) is 0 Å². The molecule has 12 heteroatoms. The Bertz CT molecular complexity index is 1410. The number of fused-ring (bicyclic) bond motifs is 1. The van der Waals surface area contributed by atoms with Crippen LogP contribution in [0.3, 0.4) is 0 Å². The summed E-state index contributed by atoms with van der Waals surface area (Å²) in [7, 11) is 0. The molecule has 0 bridgehead atoms. The highest BCUT2D eigenvalue weighted by molar-refractivity contribution is 5.96. The Kier molecular flexibility index (Phi) is 11.2. The first kappa shape index (κ1) is 31.8. The fourth-order valence-electron chi connectivity index (χ4n) is 4.62. The molecule has 42 heavy (non-hydrogen) atoms. The molecule has 12 nitrogen and oxygen atoms in total. The second-order valence-corrected chi connectivity index (χ2v) is 10.7. The van der Waals surface area contributed by atoms with Crippen LogP contribution in [0.25, 0.3) is 10.9 Å². The van der Waals surface area contributed by atoms with E-state index in [-0.39, 0.29) is 25.2 Å². The zero-order chi connectivity index (χ0) is 30.8. The first-order valence-corrected chi connectivity index (χ1v) is 13.7. The maximum Gasteiger partial charge on any atom is 0.326 e. The fourth-order valence-corrected chi connectivity index (χ4v) is 4.62. The molecule has 3 rings (SSSR count). The highest BCUT2D eigenvalue weighted by Crippen LogP contribution is 2.19. The lowest BCUT2D eigenvalue weighted by atomic mass is 10.0. The van der Waals surface area contributed by atoms with Crippen molar-refractivity contribution in [3.05, 3.63) is 71.9 Å². The van der Waals surface area contributed by atoms with Crippen molar-refractivity contribution in [2.24, 2.45) is 17.4 Å². The smallest absolute Gasteiger partial charge is 0.326 e. The zero-order valence-corrected chi connectivity index (χ0v) is 23.6. The van der Waals surface area contributed by atoms with Crippen molar-refractivity contribution < 1.29 is 29.1 Å². The maximum atomic E-state index is 13.4. The van der Waals surface area contributed by atoms with Gasteiger partial charge in [-0.3, -0.25) is 19.2 Å². The van der Waals surface area contributed by atoms with E-state index in [1.54, 1.807) is 36.5 Å². The van der Waals surface area contributed by atoms with E-state index in [1.807, 2.05) is 38.1 Å². The SMILES string of the molecule is CC(C)CC(NC(=O)C(Cc1ccccc1)NC(=O)C(CC(N)=O)NC(=O)C(N)Cc1c[nH]c2ccccc12)C(=O)O. The number of carboxylic acid groups (broad SMARTS) is 1. The Balaban J connectivity index is 1.76. The number of H-pyrrole nitrogens is 1. The number of aromatic nitrogens is 1. The van der Waals surface area contributed by atoms with E-state index in [2.05, 4.69) is 20.9 Å². The van der Waals surface area contributed by atoms with Gasteiger partial charge in [0.15, 0.2) is 0 Å². The van der Waals surface area contributed by atoms with Gasteiger partial charge in [0.2, 0.25) is 23.6 Å². The number of nitrogens with two attached hydrogens (primary N) is 2. The first-order chi connectivity index (χ1) is 19.9. The lowest BCUT2D eigenvalue weighted by molar-refractivity contribution is -0.143. The molecule has 224 valence electrons. The van der Waals surface area contributed by atoms with E-state index in [0.29, 0.717) is 5.56 Å². The summed E-state index contributed by atoms with van der Waals surface area (Å²) in [6.45, 7) is 3.65. The van der Waals surface area contributed by atoms with Crippen LogP contribution in [0.5, 0.6) is 0 Å². The minimum atomic E-state index is -1.42. The van der Waals surface area contributed by atoms with E-state index >= 15 is 0 Å². The van der Waals surface area contributed by atoms with Crippen LogP contribution in [0.15, 0.2) is 60.8 Å². The number of carbonyl (C=O) groups is 5. The molecular weight excluding hydrogens is 540 g/mol. The molecule has 1 aromatic heterocycles.